The SMILES string of the molecule is CNC(Cc1ccc(F)c(Br)c1)C1C(C)(C)C1(C)C. The summed E-state index contributed by atoms with van der Waals surface area (Å²) in [6, 6.07) is 5.74. The Morgan fingerprint density at radius 1 is 1.26 bits per heavy atom. The van der Waals surface area contributed by atoms with Gasteiger partial charge in [0, 0.05) is 6.04 Å². The summed E-state index contributed by atoms with van der Waals surface area (Å²) < 4.78 is 13.8. The molecular weight excluding hydrogens is 305 g/mol. The van der Waals surface area contributed by atoms with Crippen LogP contribution in [-0.2, 0) is 6.42 Å². The third-order valence-electron chi connectivity index (χ3n) is 5.35. The predicted molar refractivity (Wildman–Crippen MR) is 81.7 cm³/mol. The molecule has 1 N–H and O–H groups in total. The molecule has 19 heavy (non-hydrogen) atoms. The molecular formula is C16H23BrFN. The maximum Gasteiger partial charge on any atom is 0.137 e. The van der Waals surface area contributed by atoms with Crippen LogP contribution in [0.25, 0.3) is 0 Å². The molecule has 0 heterocycles. The summed E-state index contributed by atoms with van der Waals surface area (Å²) in [4.78, 5) is 0. The topological polar surface area (TPSA) is 12.0 Å². The van der Waals surface area contributed by atoms with Gasteiger partial charge in [-0.15, -0.1) is 0 Å². The van der Waals surface area contributed by atoms with E-state index in [1.165, 1.54) is 11.6 Å². The molecule has 0 spiro atoms. The van der Waals surface area contributed by atoms with Crippen molar-refractivity contribution in [3.8, 4) is 0 Å². The van der Waals surface area contributed by atoms with Gasteiger partial charge in [0.2, 0.25) is 0 Å². The Morgan fingerprint density at radius 2 is 1.84 bits per heavy atom. The Morgan fingerprint density at radius 3 is 2.26 bits per heavy atom. The maximum absolute atomic E-state index is 13.3. The van der Waals surface area contributed by atoms with Crippen LogP contribution >= 0.6 is 15.9 Å². The van der Waals surface area contributed by atoms with Crippen molar-refractivity contribution in [3.63, 3.8) is 0 Å². The molecule has 3 heteroatoms. The number of rotatable bonds is 4. The van der Waals surface area contributed by atoms with E-state index in [2.05, 4.69) is 48.9 Å². The third kappa shape index (κ3) is 2.47. The Labute approximate surface area is 124 Å². The van der Waals surface area contributed by atoms with Crippen molar-refractivity contribution < 1.29 is 4.39 Å². The van der Waals surface area contributed by atoms with E-state index in [9.17, 15) is 4.39 Å². The second-order valence-electron chi connectivity index (χ2n) is 6.77. The summed E-state index contributed by atoms with van der Waals surface area (Å²) in [5.74, 6) is 0.450. The van der Waals surface area contributed by atoms with Gasteiger partial charge < -0.3 is 5.32 Å². The highest BCUT2D eigenvalue weighted by molar-refractivity contribution is 9.10. The van der Waals surface area contributed by atoms with Crippen molar-refractivity contribution in [1.29, 1.82) is 0 Å². The molecule has 2 rings (SSSR count). The molecule has 1 aliphatic rings. The highest BCUT2D eigenvalue weighted by Gasteiger charge is 2.66. The lowest BCUT2D eigenvalue weighted by atomic mass is 9.97. The molecule has 0 aliphatic heterocycles. The minimum absolute atomic E-state index is 0.197. The molecule has 1 atom stereocenters. The third-order valence-corrected chi connectivity index (χ3v) is 5.95. The van der Waals surface area contributed by atoms with Gasteiger partial charge in [-0.25, -0.2) is 4.39 Å². The van der Waals surface area contributed by atoms with Crippen molar-refractivity contribution in [1.82, 2.24) is 5.32 Å². The van der Waals surface area contributed by atoms with E-state index in [4.69, 9.17) is 0 Å². The standard InChI is InChI=1S/C16H23BrFN/c1-15(2)14(16(15,3)4)13(19-5)9-10-6-7-12(18)11(17)8-10/h6-8,13-14,19H,9H2,1-5H3. The summed E-state index contributed by atoms with van der Waals surface area (Å²) in [5, 5.41) is 3.45. The highest BCUT2D eigenvalue weighted by Crippen LogP contribution is 2.69. The number of likely N-dealkylation sites (N-methyl/N-ethyl adjacent to an activating group) is 1. The van der Waals surface area contributed by atoms with E-state index in [0.717, 1.165) is 6.42 Å². The van der Waals surface area contributed by atoms with Crippen molar-refractivity contribution in [2.75, 3.05) is 7.05 Å². The average Bonchev–Trinajstić information content (AvgIpc) is 2.72. The average molecular weight is 328 g/mol. The van der Waals surface area contributed by atoms with Gasteiger partial charge in [-0.05, 0) is 63.8 Å². The Kier molecular flexibility index (Phi) is 3.83. The molecule has 1 unspecified atom stereocenters. The number of benzene rings is 1. The van der Waals surface area contributed by atoms with Gasteiger partial charge >= 0.3 is 0 Å². The van der Waals surface area contributed by atoms with Crippen molar-refractivity contribution >= 4 is 15.9 Å². The van der Waals surface area contributed by atoms with E-state index in [1.54, 1.807) is 0 Å². The van der Waals surface area contributed by atoms with Gasteiger partial charge in [0.1, 0.15) is 5.82 Å². The summed E-state index contributed by atoms with van der Waals surface area (Å²) in [6.45, 7) is 9.34. The molecule has 1 aromatic carbocycles. The van der Waals surface area contributed by atoms with Crippen LogP contribution in [0.2, 0.25) is 0 Å². The molecule has 0 saturated heterocycles. The molecule has 1 saturated carbocycles. The first kappa shape index (κ1) is 15.0. The van der Waals surface area contributed by atoms with Crippen LogP contribution in [0.1, 0.15) is 33.3 Å². The van der Waals surface area contributed by atoms with Crippen LogP contribution < -0.4 is 5.32 Å². The zero-order chi connectivity index (χ0) is 14.4. The summed E-state index contributed by atoms with van der Waals surface area (Å²) >= 11 is 3.26. The van der Waals surface area contributed by atoms with Crippen molar-refractivity contribution in [2.24, 2.45) is 16.7 Å². The second kappa shape index (κ2) is 4.85. The summed E-state index contributed by atoms with van der Waals surface area (Å²) in [5.41, 5.74) is 1.89. The Bertz CT molecular complexity index is 468. The largest absolute Gasteiger partial charge is 0.316 e. The number of halogens is 2. The van der Waals surface area contributed by atoms with E-state index in [-0.39, 0.29) is 5.82 Å². The Balaban J connectivity index is 2.15. The normalized spacial score (nSPS) is 22.3. The molecule has 1 fully saturated rings. The minimum atomic E-state index is -0.197. The van der Waals surface area contributed by atoms with Crippen molar-refractivity contribution in [3.05, 3.63) is 34.1 Å². The molecule has 1 aromatic rings. The van der Waals surface area contributed by atoms with Gasteiger partial charge in [0.25, 0.3) is 0 Å². The first-order valence-electron chi connectivity index (χ1n) is 6.83. The van der Waals surface area contributed by atoms with Crippen LogP contribution in [-0.4, -0.2) is 13.1 Å². The first-order chi connectivity index (χ1) is 8.71. The molecule has 0 bridgehead atoms. The lowest BCUT2D eigenvalue weighted by molar-refractivity contribution is 0.421. The van der Waals surface area contributed by atoms with Crippen LogP contribution in [0, 0.1) is 22.6 Å². The summed E-state index contributed by atoms with van der Waals surface area (Å²) in [6.07, 6.45) is 0.937. The molecule has 0 radical (unpaired) electrons. The van der Waals surface area contributed by atoms with Gasteiger partial charge in [0.05, 0.1) is 4.47 Å². The maximum atomic E-state index is 13.3. The number of hydrogen-bond acceptors (Lipinski definition) is 1. The fraction of sp³-hybridized carbons (Fsp3) is 0.625. The van der Waals surface area contributed by atoms with E-state index in [0.29, 0.717) is 27.3 Å². The minimum Gasteiger partial charge on any atom is -0.316 e. The smallest absolute Gasteiger partial charge is 0.137 e. The lowest BCUT2D eigenvalue weighted by Crippen LogP contribution is -2.32. The van der Waals surface area contributed by atoms with E-state index < -0.39 is 0 Å². The van der Waals surface area contributed by atoms with Crippen LogP contribution in [0.3, 0.4) is 0 Å². The molecule has 0 amide bonds. The molecule has 106 valence electrons. The monoisotopic (exact) mass is 327 g/mol. The van der Waals surface area contributed by atoms with Gasteiger partial charge in [-0.3, -0.25) is 0 Å². The van der Waals surface area contributed by atoms with Gasteiger partial charge in [-0.2, -0.15) is 0 Å². The van der Waals surface area contributed by atoms with E-state index >= 15 is 0 Å². The van der Waals surface area contributed by atoms with E-state index in [1.807, 2.05) is 19.2 Å². The predicted octanol–water partition coefficient (Wildman–Crippen LogP) is 4.40. The van der Waals surface area contributed by atoms with Gasteiger partial charge in [0.15, 0.2) is 0 Å². The highest BCUT2D eigenvalue weighted by atomic mass is 79.9. The first-order valence-corrected chi connectivity index (χ1v) is 7.62. The molecule has 0 aromatic heterocycles. The summed E-state index contributed by atoms with van der Waals surface area (Å²) in [7, 11) is 2.02. The number of nitrogens with one attached hydrogen (secondary N) is 1. The fourth-order valence-corrected chi connectivity index (χ4v) is 3.99. The fourth-order valence-electron chi connectivity index (χ4n) is 3.56. The zero-order valence-electron chi connectivity index (χ0n) is 12.3. The van der Waals surface area contributed by atoms with Crippen LogP contribution in [0.5, 0.6) is 0 Å². The Hall–Kier alpha value is -0.410. The number of hydrogen-bond donors (Lipinski definition) is 1. The second-order valence-corrected chi connectivity index (χ2v) is 7.62. The quantitative estimate of drug-likeness (QED) is 0.864. The lowest BCUT2D eigenvalue weighted by Gasteiger charge is -2.19. The molecule has 1 aliphatic carbocycles. The molecule has 1 nitrogen and oxygen atoms in total. The van der Waals surface area contributed by atoms with Gasteiger partial charge in [-0.1, -0.05) is 33.8 Å². The van der Waals surface area contributed by atoms with Crippen LogP contribution in [0.4, 0.5) is 4.39 Å². The van der Waals surface area contributed by atoms with Crippen molar-refractivity contribution in [2.45, 2.75) is 40.2 Å². The van der Waals surface area contributed by atoms with Crippen LogP contribution in [0.15, 0.2) is 22.7 Å². The zero-order valence-corrected chi connectivity index (χ0v) is 13.9.